The summed E-state index contributed by atoms with van der Waals surface area (Å²) in [5.74, 6) is 0.776. The quantitative estimate of drug-likeness (QED) is 0.393. The summed E-state index contributed by atoms with van der Waals surface area (Å²) in [6.07, 6.45) is 1.38. The van der Waals surface area contributed by atoms with Crippen LogP contribution < -0.4 is 16.0 Å². The first-order chi connectivity index (χ1) is 11.7. The molecule has 1 unspecified atom stereocenters. The molecule has 0 saturated heterocycles. The minimum absolute atomic E-state index is 0.295. The number of carbonyl (C=O) groups is 1. The minimum atomic E-state index is -0.467. The van der Waals surface area contributed by atoms with Crippen LogP contribution in [0.25, 0.3) is 0 Å². The molecule has 0 aliphatic carbocycles. The second kappa shape index (κ2) is 10.3. The molecule has 7 heteroatoms. The van der Waals surface area contributed by atoms with Crippen molar-refractivity contribution in [3.05, 3.63) is 21.9 Å². The Labute approximate surface area is 155 Å². The zero-order valence-electron chi connectivity index (χ0n) is 16.2. The van der Waals surface area contributed by atoms with Crippen molar-refractivity contribution in [2.75, 3.05) is 20.1 Å². The Morgan fingerprint density at radius 3 is 2.52 bits per heavy atom. The molecule has 0 radical (unpaired) electrons. The topological polar surface area (TPSA) is 74.8 Å². The van der Waals surface area contributed by atoms with Gasteiger partial charge in [0.15, 0.2) is 5.96 Å². The molecule has 0 aromatic carbocycles. The van der Waals surface area contributed by atoms with Crippen molar-refractivity contribution in [3.8, 4) is 0 Å². The van der Waals surface area contributed by atoms with E-state index < -0.39 is 5.60 Å². The summed E-state index contributed by atoms with van der Waals surface area (Å²) in [5.41, 5.74) is -0.467. The van der Waals surface area contributed by atoms with Gasteiger partial charge in [0.2, 0.25) is 0 Å². The summed E-state index contributed by atoms with van der Waals surface area (Å²) in [4.78, 5) is 18.5. The van der Waals surface area contributed by atoms with Crippen molar-refractivity contribution in [1.82, 2.24) is 16.0 Å². The highest BCUT2D eigenvalue weighted by Gasteiger charge is 2.15. The summed E-state index contributed by atoms with van der Waals surface area (Å²) in [6.45, 7) is 11.1. The Balaban J connectivity index is 2.20. The average molecular weight is 369 g/mol. The van der Waals surface area contributed by atoms with Crippen molar-refractivity contribution >= 4 is 23.4 Å². The number of nitrogens with one attached hydrogen (secondary N) is 3. The Kier molecular flexibility index (Phi) is 8.75. The van der Waals surface area contributed by atoms with E-state index in [-0.39, 0.29) is 6.09 Å². The van der Waals surface area contributed by atoms with Gasteiger partial charge in [-0.05, 0) is 53.2 Å². The number of hydrogen-bond acceptors (Lipinski definition) is 4. The summed E-state index contributed by atoms with van der Waals surface area (Å²) < 4.78 is 5.19. The van der Waals surface area contributed by atoms with Crippen LogP contribution in [0.1, 0.15) is 43.9 Å². The molecular weight excluding hydrogens is 336 g/mol. The summed E-state index contributed by atoms with van der Waals surface area (Å²) in [7, 11) is 1.76. The fourth-order valence-corrected chi connectivity index (χ4v) is 3.19. The fraction of sp³-hybridized carbons (Fsp3) is 0.667. The van der Waals surface area contributed by atoms with E-state index in [0.717, 1.165) is 25.3 Å². The standard InChI is InChI=1S/C18H32N4O2S/c1-13(12-15-9-8-14(2)25-15)22-16(19-6)20-10-7-11-21-17(23)24-18(3,4)5/h8-9,13H,7,10-12H2,1-6H3,(H,21,23)(H2,19,20,22). The van der Waals surface area contributed by atoms with Crippen LogP contribution in [0.2, 0.25) is 0 Å². The number of guanidine groups is 1. The molecule has 1 rings (SSSR count). The van der Waals surface area contributed by atoms with Gasteiger partial charge in [-0.2, -0.15) is 0 Å². The van der Waals surface area contributed by atoms with Crippen LogP contribution in [0.4, 0.5) is 4.79 Å². The number of aryl methyl sites for hydroxylation is 1. The Hall–Kier alpha value is -1.76. The number of rotatable bonds is 7. The zero-order chi connectivity index (χ0) is 18.9. The molecule has 0 aliphatic heterocycles. The Bertz CT molecular complexity index is 564. The third kappa shape index (κ3) is 9.96. The number of nitrogens with zero attached hydrogens (tertiary/aromatic N) is 1. The van der Waals surface area contributed by atoms with Crippen molar-refractivity contribution in [2.45, 2.75) is 59.1 Å². The second-order valence-electron chi connectivity index (χ2n) is 7.04. The van der Waals surface area contributed by atoms with Crippen LogP contribution in [0.3, 0.4) is 0 Å². The molecule has 1 atom stereocenters. The fourth-order valence-electron chi connectivity index (χ4n) is 2.18. The highest BCUT2D eigenvalue weighted by Crippen LogP contribution is 2.16. The number of carbonyl (C=O) groups excluding carboxylic acids is 1. The molecular formula is C18H32N4O2S. The van der Waals surface area contributed by atoms with Gasteiger partial charge in [-0.25, -0.2) is 4.79 Å². The van der Waals surface area contributed by atoms with Gasteiger partial charge in [0.05, 0.1) is 0 Å². The van der Waals surface area contributed by atoms with E-state index in [1.54, 1.807) is 7.05 Å². The first-order valence-corrected chi connectivity index (χ1v) is 9.50. The van der Waals surface area contributed by atoms with Crippen molar-refractivity contribution in [1.29, 1.82) is 0 Å². The molecule has 1 amide bonds. The monoisotopic (exact) mass is 368 g/mol. The largest absolute Gasteiger partial charge is 0.444 e. The van der Waals surface area contributed by atoms with Crippen LogP contribution in [0.15, 0.2) is 17.1 Å². The van der Waals surface area contributed by atoms with Gasteiger partial charge in [0, 0.05) is 42.4 Å². The molecule has 25 heavy (non-hydrogen) atoms. The molecule has 142 valence electrons. The normalized spacial score (nSPS) is 13.3. The first-order valence-electron chi connectivity index (χ1n) is 8.69. The van der Waals surface area contributed by atoms with Crippen molar-refractivity contribution < 1.29 is 9.53 Å². The number of hydrogen-bond donors (Lipinski definition) is 3. The van der Waals surface area contributed by atoms with Gasteiger partial charge in [-0.1, -0.05) is 0 Å². The zero-order valence-corrected chi connectivity index (χ0v) is 17.0. The van der Waals surface area contributed by atoms with Crippen LogP contribution in [0.5, 0.6) is 0 Å². The van der Waals surface area contributed by atoms with Crippen molar-refractivity contribution in [2.24, 2.45) is 4.99 Å². The lowest BCUT2D eigenvalue weighted by molar-refractivity contribution is 0.0527. The maximum atomic E-state index is 11.5. The van der Waals surface area contributed by atoms with Gasteiger partial charge in [-0.15, -0.1) is 11.3 Å². The second-order valence-corrected chi connectivity index (χ2v) is 8.42. The van der Waals surface area contributed by atoms with E-state index in [1.165, 1.54) is 9.75 Å². The van der Waals surface area contributed by atoms with Gasteiger partial charge >= 0.3 is 6.09 Å². The molecule has 0 saturated carbocycles. The third-order valence-electron chi connectivity index (χ3n) is 3.22. The van der Waals surface area contributed by atoms with E-state index >= 15 is 0 Å². The molecule has 1 aromatic rings. The summed E-state index contributed by atoms with van der Waals surface area (Å²) >= 11 is 1.83. The summed E-state index contributed by atoms with van der Waals surface area (Å²) in [5, 5.41) is 9.40. The first kappa shape index (κ1) is 21.3. The van der Waals surface area contributed by atoms with E-state index in [2.05, 4.69) is 46.9 Å². The molecule has 3 N–H and O–H groups in total. The number of thiophene rings is 1. The van der Waals surface area contributed by atoms with Gasteiger partial charge in [0.1, 0.15) is 5.60 Å². The van der Waals surface area contributed by atoms with E-state index in [1.807, 2.05) is 32.1 Å². The SMILES string of the molecule is CN=C(NCCCNC(=O)OC(C)(C)C)NC(C)Cc1ccc(C)s1. The van der Waals surface area contributed by atoms with E-state index in [4.69, 9.17) is 4.74 Å². The Morgan fingerprint density at radius 1 is 1.28 bits per heavy atom. The van der Waals surface area contributed by atoms with E-state index in [9.17, 15) is 4.79 Å². The molecule has 1 aromatic heterocycles. The highest BCUT2D eigenvalue weighted by molar-refractivity contribution is 7.11. The predicted molar refractivity (Wildman–Crippen MR) is 106 cm³/mol. The molecule has 0 bridgehead atoms. The minimum Gasteiger partial charge on any atom is -0.444 e. The van der Waals surface area contributed by atoms with Crippen LogP contribution in [-0.2, 0) is 11.2 Å². The van der Waals surface area contributed by atoms with E-state index in [0.29, 0.717) is 12.6 Å². The molecule has 6 nitrogen and oxygen atoms in total. The highest BCUT2D eigenvalue weighted by atomic mass is 32.1. The maximum absolute atomic E-state index is 11.5. The lowest BCUT2D eigenvalue weighted by atomic mass is 10.2. The number of ether oxygens (including phenoxy) is 1. The predicted octanol–water partition coefficient (Wildman–Crippen LogP) is 3.07. The molecule has 0 spiro atoms. The molecule has 0 fully saturated rings. The smallest absolute Gasteiger partial charge is 0.407 e. The van der Waals surface area contributed by atoms with Crippen LogP contribution in [-0.4, -0.2) is 43.8 Å². The number of aliphatic imine (C=N–C) groups is 1. The summed E-state index contributed by atoms with van der Waals surface area (Å²) in [6, 6.07) is 4.62. The molecule has 1 heterocycles. The lowest BCUT2D eigenvalue weighted by Gasteiger charge is -2.20. The van der Waals surface area contributed by atoms with Crippen LogP contribution >= 0.6 is 11.3 Å². The van der Waals surface area contributed by atoms with Gasteiger partial charge < -0.3 is 20.7 Å². The number of alkyl carbamates (subject to hydrolysis) is 1. The van der Waals surface area contributed by atoms with Crippen molar-refractivity contribution in [3.63, 3.8) is 0 Å². The van der Waals surface area contributed by atoms with Gasteiger partial charge in [-0.3, -0.25) is 4.99 Å². The Morgan fingerprint density at radius 2 is 1.96 bits per heavy atom. The van der Waals surface area contributed by atoms with Gasteiger partial charge in [0.25, 0.3) is 0 Å². The number of amides is 1. The third-order valence-corrected chi connectivity index (χ3v) is 4.25. The lowest BCUT2D eigenvalue weighted by Crippen LogP contribution is -2.43. The average Bonchev–Trinajstić information content (AvgIpc) is 2.88. The molecule has 0 aliphatic rings. The van der Waals surface area contributed by atoms with Crippen LogP contribution in [0, 0.1) is 6.92 Å². The maximum Gasteiger partial charge on any atom is 0.407 e.